The summed E-state index contributed by atoms with van der Waals surface area (Å²) in [4.78, 5) is 28.4. The lowest BCUT2D eigenvalue weighted by Crippen LogP contribution is -2.16. The molecule has 1 N–H and O–H groups in total. The van der Waals surface area contributed by atoms with Gasteiger partial charge in [-0.3, -0.25) is 19.3 Å². The molecule has 0 aliphatic rings. The van der Waals surface area contributed by atoms with Gasteiger partial charge in [0.2, 0.25) is 5.91 Å². The third-order valence-electron chi connectivity index (χ3n) is 4.43. The first-order chi connectivity index (χ1) is 14.4. The number of nitrogens with zero attached hydrogens (tertiary/aromatic N) is 3. The predicted molar refractivity (Wildman–Crippen MR) is 115 cm³/mol. The fourth-order valence-electron chi connectivity index (χ4n) is 2.98. The molecule has 2 aromatic heterocycles. The molecule has 4 rings (SSSR count). The molecule has 0 radical (unpaired) electrons. The number of amides is 1. The Morgan fingerprint density at radius 3 is 2.77 bits per heavy atom. The molecule has 0 saturated carbocycles. The SMILES string of the molecule is COc1ccc([N+](=O)[O-])cc1NC(=O)Cc1csc2nc(-c3ccc(Cl)cc3)cn12. The van der Waals surface area contributed by atoms with Crippen molar-refractivity contribution < 1.29 is 14.5 Å². The Labute approximate surface area is 179 Å². The fraction of sp³-hybridized carbons (Fsp3) is 0.100. The largest absolute Gasteiger partial charge is 0.495 e. The minimum atomic E-state index is -0.526. The number of methoxy groups -OCH3 is 1. The van der Waals surface area contributed by atoms with Crippen molar-refractivity contribution in [2.24, 2.45) is 0 Å². The van der Waals surface area contributed by atoms with E-state index in [-0.39, 0.29) is 23.7 Å². The number of anilines is 1. The number of nitro groups is 1. The van der Waals surface area contributed by atoms with Crippen molar-refractivity contribution in [3.8, 4) is 17.0 Å². The summed E-state index contributed by atoms with van der Waals surface area (Å²) in [7, 11) is 1.43. The van der Waals surface area contributed by atoms with Crippen LogP contribution in [0, 0.1) is 10.1 Å². The lowest BCUT2D eigenvalue weighted by atomic mass is 10.2. The number of carbonyl (C=O) groups excluding carboxylic acids is 1. The van der Waals surface area contributed by atoms with Crippen LogP contribution in [0.15, 0.2) is 54.0 Å². The second-order valence-electron chi connectivity index (χ2n) is 6.38. The smallest absolute Gasteiger partial charge is 0.271 e. The van der Waals surface area contributed by atoms with Crippen molar-refractivity contribution in [2.75, 3.05) is 12.4 Å². The number of imidazole rings is 1. The first-order valence-corrected chi connectivity index (χ1v) is 10.0. The van der Waals surface area contributed by atoms with Gasteiger partial charge < -0.3 is 10.1 Å². The molecule has 1 amide bonds. The number of rotatable bonds is 6. The highest BCUT2D eigenvalue weighted by atomic mass is 35.5. The van der Waals surface area contributed by atoms with E-state index in [1.165, 1.54) is 36.6 Å². The minimum absolute atomic E-state index is 0.0717. The summed E-state index contributed by atoms with van der Waals surface area (Å²) in [5.41, 5.74) is 2.57. The van der Waals surface area contributed by atoms with E-state index in [2.05, 4.69) is 10.3 Å². The molecule has 0 aliphatic carbocycles. The molecule has 0 aliphatic heterocycles. The van der Waals surface area contributed by atoms with E-state index in [1.54, 1.807) is 12.1 Å². The number of hydrogen-bond donors (Lipinski definition) is 1. The van der Waals surface area contributed by atoms with E-state index in [4.69, 9.17) is 16.3 Å². The zero-order valence-electron chi connectivity index (χ0n) is 15.7. The van der Waals surface area contributed by atoms with Crippen LogP contribution in [0.2, 0.25) is 5.02 Å². The van der Waals surface area contributed by atoms with Crippen LogP contribution in [-0.4, -0.2) is 27.3 Å². The van der Waals surface area contributed by atoms with Gasteiger partial charge in [0.15, 0.2) is 4.96 Å². The molecule has 0 bridgehead atoms. The Balaban J connectivity index is 1.56. The van der Waals surface area contributed by atoms with Crippen LogP contribution in [0.1, 0.15) is 5.69 Å². The van der Waals surface area contributed by atoms with E-state index < -0.39 is 4.92 Å². The average molecular weight is 443 g/mol. The molecule has 2 aromatic carbocycles. The number of hydrogen-bond acceptors (Lipinski definition) is 6. The van der Waals surface area contributed by atoms with E-state index in [1.807, 2.05) is 28.1 Å². The zero-order valence-corrected chi connectivity index (χ0v) is 17.2. The first kappa shape index (κ1) is 19.9. The Bertz CT molecular complexity index is 1250. The first-order valence-electron chi connectivity index (χ1n) is 8.78. The van der Waals surface area contributed by atoms with Crippen molar-refractivity contribution >= 4 is 45.2 Å². The van der Waals surface area contributed by atoms with Crippen LogP contribution in [0.3, 0.4) is 0 Å². The molecular formula is C20H15ClN4O4S. The van der Waals surface area contributed by atoms with Crippen LogP contribution in [0.5, 0.6) is 5.75 Å². The van der Waals surface area contributed by atoms with Gasteiger partial charge in [0.05, 0.1) is 29.8 Å². The van der Waals surface area contributed by atoms with Gasteiger partial charge in [0.25, 0.3) is 5.69 Å². The maximum Gasteiger partial charge on any atom is 0.271 e. The van der Waals surface area contributed by atoms with Gasteiger partial charge in [-0.1, -0.05) is 23.7 Å². The average Bonchev–Trinajstić information content (AvgIpc) is 3.30. The number of carbonyl (C=O) groups is 1. The molecule has 0 fully saturated rings. The van der Waals surface area contributed by atoms with Gasteiger partial charge in [0, 0.05) is 40.0 Å². The number of nitrogens with one attached hydrogen (secondary N) is 1. The zero-order chi connectivity index (χ0) is 21.3. The quantitative estimate of drug-likeness (QED) is 0.341. The highest BCUT2D eigenvalue weighted by Gasteiger charge is 2.16. The van der Waals surface area contributed by atoms with Gasteiger partial charge in [-0.05, 0) is 18.2 Å². The number of thiazole rings is 1. The second-order valence-corrected chi connectivity index (χ2v) is 7.65. The summed E-state index contributed by atoms with van der Waals surface area (Å²) in [5.74, 6) is 0.0207. The molecule has 0 spiro atoms. The molecule has 0 unspecified atom stereocenters. The third kappa shape index (κ3) is 3.98. The summed E-state index contributed by atoms with van der Waals surface area (Å²) in [5, 5.41) is 16.2. The summed E-state index contributed by atoms with van der Waals surface area (Å²) in [6.07, 6.45) is 1.94. The number of nitro benzene ring substituents is 1. The standard InChI is InChI=1S/C20H15ClN4O4S/c1-29-18-7-6-14(25(27)28)8-16(18)22-19(26)9-15-11-30-20-23-17(10-24(15)20)12-2-4-13(21)5-3-12/h2-8,10-11H,9H2,1H3,(H,22,26). The van der Waals surface area contributed by atoms with Gasteiger partial charge >= 0.3 is 0 Å². The molecule has 10 heteroatoms. The lowest BCUT2D eigenvalue weighted by molar-refractivity contribution is -0.384. The lowest BCUT2D eigenvalue weighted by Gasteiger charge is -2.09. The number of ether oxygens (including phenoxy) is 1. The molecule has 30 heavy (non-hydrogen) atoms. The Morgan fingerprint density at radius 2 is 2.07 bits per heavy atom. The maximum absolute atomic E-state index is 12.6. The van der Waals surface area contributed by atoms with Crippen molar-refractivity contribution in [3.63, 3.8) is 0 Å². The van der Waals surface area contributed by atoms with Crippen LogP contribution in [0.4, 0.5) is 11.4 Å². The summed E-state index contributed by atoms with van der Waals surface area (Å²) in [6, 6.07) is 11.4. The monoisotopic (exact) mass is 442 g/mol. The van der Waals surface area contributed by atoms with Crippen LogP contribution in [-0.2, 0) is 11.2 Å². The summed E-state index contributed by atoms with van der Waals surface area (Å²) < 4.78 is 7.05. The number of halogens is 1. The molecule has 4 aromatic rings. The topological polar surface area (TPSA) is 98.8 Å². The predicted octanol–water partition coefficient (Wildman–Crippen LogP) is 4.81. The molecule has 8 nitrogen and oxygen atoms in total. The second kappa shape index (κ2) is 8.13. The fourth-order valence-corrected chi connectivity index (χ4v) is 3.98. The van der Waals surface area contributed by atoms with Crippen molar-refractivity contribution in [3.05, 3.63) is 74.9 Å². The third-order valence-corrected chi connectivity index (χ3v) is 5.57. The summed E-state index contributed by atoms with van der Waals surface area (Å²) >= 11 is 7.37. The van der Waals surface area contributed by atoms with Crippen LogP contribution < -0.4 is 10.1 Å². The highest BCUT2D eigenvalue weighted by molar-refractivity contribution is 7.15. The minimum Gasteiger partial charge on any atom is -0.495 e. The normalized spacial score (nSPS) is 10.9. The van der Waals surface area contributed by atoms with Gasteiger partial charge in [-0.25, -0.2) is 4.98 Å². The van der Waals surface area contributed by atoms with E-state index in [0.717, 1.165) is 21.9 Å². The number of aromatic nitrogens is 2. The molecule has 152 valence electrons. The van der Waals surface area contributed by atoms with Gasteiger partial charge in [-0.15, -0.1) is 11.3 Å². The van der Waals surface area contributed by atoms with Crippen molar-refractivity contribution in [1.29, 1.82) is 0 Å². The summed E-state index contributed by atoms with van der Waals surface area (Å²) in [6.45, 7) is 0. The van der Waals surface area contributed by atoms with Crippen molar-refractivity contribution in [1.82, 2.24) is 9.38 Å². The van der Waals surface area contributed by atoms with Crippen LogP contribution >= 0.6 is 22.9 Å². The van der Waals surface area contributed by atoms with E-state index >= 15 is 0 Å². The maximum atomic E-state index is 12.6. The Hall–Kier alpha value is -3.43. The van der Waals surface area contributed by atoms with E-state index in [0.29, 0.717) is 10.8 Å². The van der Waals surface area contributed by atoms with E-state index in [9.17, 15) is 14.9 Å². The molecule has 0 atom stereocenters. The number of fused-ring (bicyclic) bond motifs is 1. The Morgan fingerprint density at radius 1 is 1.30 bits per heavy atom. The molecule has 2 heterocycles. The van der Waals surface area contributed by atoms with Gasteiger partial charge in [-0.2, -0.15) is 0 Å². The van der Waals surface area contributed by atoms with Crippen LogP contribution in [0.25, 0.3) is 16.2 Å². The highest BCUT2D eigenvalue weighted by Crippen LogP contribution is 2.29. The molecule has 0 saturated heterocycles. The Kier molecular flexibility index (Phi) is 5.39. The number of benzene rings is 2. The van der Waals surface area contributed by atoms with Crippen molar-refractivity contribution in [2.45, 2.75) is 6.42 Å². The number of non-ortho nitro benzene ring substituents is 1. The van der Waals surface area contributed by atoms with Gasteiger partial charge in [0.1, 0.15) is 5.75 Å². The molecular weight excluding hydrogens is 428 g/mol.